The van der Waals surface area contributed by atoms with Gasteiger partial charge in [-0.25, -0.2) is 0 Å². The van der Waals surface area contributed by atoms with E-state index in [0.717, 1.165) is 24.8 Å². The number of primary amides is 1. The molecule has 0 spiro atoms. The number of aryl methyl sites for hydroxylation is 1. The molecule has 0 radical (unpaired) electrons. The van der Waals surface area contributed by atoms with E-state index in [9.17, 15) is 9.59 Å². The molecular formula is C14H17ClN2O2. The van der Waals surface area contributed by atoms with E-state index in [0.29, 0.717) is 10.6 Å². The van der Waals surface area contributed by atoms with Crippen molar-refractivity contribution in [2.24, 2.45) is 5.73 Å². The molecule has 1 aromatic carbocycles. The Bertz CT molecular complexity index is 524. The van der Waals surface area contributed by atoms with Crippen molar-refractivity contribution >= 4 is 23.4 Å². The van der Waals surface area contributed by atoms with Crippen molar-refractivity contribution in [3.05, 3.63) is 34.3 Å². The fourth-order valence-corrected chi connectivity index (χ4v) is 2.72. The van der Waals surface area contributed by atoms with Crippen LogP contribution in [0.2, 0.25) is 5.02 Å². The van der Waals surface area contributed by atoms with Gasteiger partial charge in [-0.3, -0.25) is 9.59 Å². The largest absolute Gasteiger partial charge is 0.370 e. The van der Waals surface area contributed by atoms with E-state index in [2.05, 4.69) is 5.32 Å². The van der Waals surface area contributed by atoms with Crippen LogP contribution in [0.25, 0.3) is 0 Å². The second-order valence-electron chi connectivity index (χ2n) is 5.21. The molecule has 1 fully saturated rings. The predicted octanol–water partition coefficient (Wildman–Crippen LogP) is 2.18. The average molecular weight is 281 g/mol. The number of hydrogen-bond donors (Lipinski definition) is 2. The lowest BCUT2D eigenvalue weighted by molar-refractivity contribution is -0.120. The lowest BCUT2D eigenvalue weighted by Crippen LogP contribution is -2.55. The molecule has 1 aromatic rings. The zero-order valence-corrected chi connectivity index (χ0v) is 11.6. The highest BCUT2D eigenvalue weighted by Crippen LogP contribution is 2.35. The van der Waals surface area contributed by atoms with Crippen LogP contribution >= 0.6 is 11.6 Å². The summed E-state index contributed by atoms with van der Waals surface area (Å²) in [6.07, 6.45) is 2.74. The van der Waals surface area contributed by atoms with Crippen LogP contribution in [0.1, 0.15) is 41.6 Å². The molecule has 19 heavy (non-hydrogen) atoms. The van der Waals surface area contributed by atoms with Crippen LogP contribution in [-0.4, -0.2) is 17.4 Å². The van der Waals surface area contributed by atoms with Crippen molar-refractivity contribution in [1.29, 1.82) is 0 Å². The Kier molecular flexibility index (Phi) is 3.80. The van der Waals surface area contributed by atoms with Crippen molar-refractivity contribution in [3.63, 3.8) is 0 Å². The normalized spacial score (nSPS) is 16.5. The molecule has 1 saturated carbocycles. The van der Waals surface area contributed by atoms with Gasteiger partial charge in [0.15, 0.2) is 0 Å². The summed E-state index contributed by atoms with van der Waals surface area (Å²) in [4.78, 5) is 23.3. The van der Waals surface area contributed by atoms with E-state index in [4.69, 9.17) is 17.3 Å². The van der Waals surface area contributed by atoms with E-state index >= 15 is 0 Å². The summed E-state index contributed by atoms with van der Waals surface area (Å²) in [6.45, 7) is 1.91. The van der Waals surface area contributed by atoms with Crippen molar-refractivity contribution < 1.29 is 9.59 Å². The minimum atomic E-state index is -0.475. The number of carbonyl (C=O) groups is 2. The maximum atomic E-state index is 12.2. The molecule has 4 nitrogen and oxygen atoms in total. The third-order valence-corrected chi connectivity index (χ3v) is 3.88. The zero-order valence-electron chi connectivity index (χ0n) is 10.8. The standard InChI is InChI=1S/C14H17ClN2O2/c1-9-3-4-10(11(15)7-9)13(19)17-14(5-2-6-14)8-12(16)18/h3-4,7H,2,5-6,8H2,1H3,(H2,16,18)(H,17,19). The molecular weight excluding hydrogens is 264 g/mol. The molecule has 0 unspecified atom stereocenters. The summed E-state index contributed by atoms with van der Waals surface area (Å²) >= 11 is 6.07. The van der Waals surface area contributed by atoms with Crippen LogP contribution in [0.5, 0.6) is 0 Å². The van der Waals surface area contributed by atoms with Crippen molar-refractivity contribution in [2.75, 3.05) is 0 Å². The summed E-state index contributed by atoms with van der Waals surface area (Å²) < 4.78 is 0. The van der Waals surface area contributed by atoms with Gasteiger partial charge >= 0.3 is 0 Å². The number of amides is 2. The monoisotopic (exact) mass is 280 g/mol. The van der Waals surface area contributed by atoms with Crippen LogP contribution in [0.15, 0.2) is 18.2 Å². The van der Waals surface area contributed by atoms with Gasteiger partial charge in [0.2, 0.25) is 5.91 Å². The van der Waals surface area contributed by atoms with Crippen molar-refractivity contribution in [1.82, 2.24) is 5.32 Å². The fourth-order valence-electron chi connectivity index (χ4n) is 2.40. The SMILES string of the molecule is Cc1ccc(C(=O)NC2(CC(N)=O)CCC2)c(Cl)c1. The third-order valence-electron chi connectivity index (χ3n) is 3.57. The summed E-state index contributed by atoms with van der Waals surface area (Å²) in [5.74, 6) is -0.638. The molecule has 5 heteroatoms. The smallest absolute Gasteiger partial charge is 0.253 e. The van der Waals surface area contributed by atoms with Gasteiger partial charge in [-0.15, -0.1) is 0 Å². The Morgan fingerprint density at radius 1 is 1.42 bits per heavy atom. The first-order chi connectivity index (χ1) is 8.92. The van der Waals surface area contributed by atoms with E-state index in [1.165, 1.54) is 0 Å². The Labute approximate surface area is 117 Å². The second-order valence-corrected chi connectivity index (χ2v) is 5.62. The maximum absolute atomic E-state index is 12.2. The number of hydrogen-bond acceptors (Lipinski definition) is 2. The Balaban J connectivity index is 2.13. The first kappa shape index (κ1) is 13.9. The first-order valence-corrected chi connectivity index (χ1v) is 6.67. The molecule has 0 aliphatic heterocycles. The summed E-state index contributed by atoms with van der Waals surface area (Å²) in [7, 11) is 0. The third kappa shape index (κ3) is 3.07. The summed E-state index contributed by atoms with van der Waals surface area (Å²) in [6, 6.07) is 5.28. The first-order valence-electron chi connectivity index (χ1n) is 6.29. The average Bonchev–Trinajstić information content (AvgIpc) is 2.25. The molecule has 2 rings (SSSR count). The molecule has 0 bridgehead atoms. The quantitative estimate of drug-likeness (QED) is 0.887. The number of rotatable bonds is 4. The van der Waals surface area contributed by atoms with E-state index in [1.54, 1.807) is 12.1 Å². The molecule has 3 N–H and O–H groups in total. The Morgan fingerprint density at radius 3 is 2.58 bits per heavy atom. The summed E-state index contributed by atoms with van der Waals surface area (Å²) in [5, 5.41) is 3.34. The highest BCUT2D eigenvalue weighted by Gasteiger charge is 2.40. The number of carbonyl (C=O) groups excluding carboxylic acids is 2. The molecule has 0 aromatic heterocycles. The summed E-state index contributed by atoms with van der Waals surface area (Å²) in [5.41, 5.74) is 6.19. The van der Waals surface area contributed by atoms with E-state index in [1.807, 2.05) is 13.0 Å². The van der Waals surface area contributed by atoms with Gasteiger partial charge < -0.3 is 11.1 Å². The minimum Gasteiger partial charge on any atom is -0.370 e. The van der Waals surface area contributed by atoms with Crippen LogP contribution in [-0.2, 0) is 4.79 Å². The van der Waals surface area contributed by atoms with Gasteiger partial charge in [0.05, 0.1) is 10.6 Å². The molecule has 0 heterocycles. The minimum absolute atomic E-state index is 0.183. The zero-order chi connectivity index (χ0) is 14.0. The molecule has 0 saturated heterocycles. The predicted molar refractivity (Wildman–Crippen MR) is 74.0 cm³/mol. The van der Waals surface area contributed by atoms with Crippen molar-refractivity contribution in [3.8, 4) is 0 Å². The van der Waals surface area contributed by atoms with Gasteiger partial charge in [0.1, 0.15) is 0 Å². The van der Waals surface area contributed by atoms with E-state index in [-0.39, 0.29) is 12.3 Å². The van der Waals surface area contributed by atoms with Crippen LogP contribution in [0.3, 0.4) is 0 Å². The topological polar surface area (TPSA) is 72.2 Å². The van der Waals surface area contributed by atoms with Gasteiger partial charge in [0, 0.05) is 12.0 Å². The van der Waals surface area contributed by atoms with Gasteiger partial charge in [-0.2, -0.15) is 0 Å². The van der Waals surface area contributed by atoms with Gasteiger partial charge in [-0.1, -0.05) is 17.7 Å². The number of nitrogens with two attached hydrogens (primary N) is 1. The number of halogens is 1. The van der Waals surface area contributed by atoms with Crippen molar-refractivity contribution in [2.45, 2.75) is 38.1 Å². The lowest BCUT2D eigenvalue weighted by atomic mass is 9.74. The Morgan fingerprint density at radius 2 is 2.11 bits per heavy atom. The van der Waals surface area contributed by atoms with Crippen LogP contribution in [0.4, 0.5) is 0 Å². The fraction of sp³-hybridized carbons (Fsp3) is 0.429. The Hall–Kier alpha value is -1.55. The highest BCUT2D eigenvalue weighted by molar-refractivity contribution is 6.33. The molecule has 0 atom stereocenters. The number of nitrogens with one attached hydrogen (secondary N) is 1. The molecule has 2 amide bonds. The van der Waals surface area contributed by atoms with Gasteiger partial charge in [-0.05, 0) is 43.9 Å². The van der Waals surface area contributed by atoms with Gasteiger partial charge in [0.25, 0.3) is 5.91 Å². The van der Waals surface area contributed by atoms with E-state index < -0.39 is 11.4 Å². The molecule has 1 aliphatic rings. The number of benzene rings is 1. The molecule has 1 aliphatic carbocycles. The highest BCUT2D eigenvalue weighted by atomic mass is 35.5. The van der Waals surface area contributed by atoms with Crippen LogP contribution in [0, 0.1) is 6.92 Å². The molecule has 102 valence electrons. The second kappa shape index (κ2) is 5.21. The maximum Gasteiger partial charge on any atom is 0.253 e. The van der Waals surface area contributed by atoms with Crippen LogP contribution < -0.4 is 11.1 Å². The lowest BCUT2D eigenvalue weighted by Gasteiger charge is -2.41.